The third kappa shape index (κ3) is 4.03. The van der Waals surface area contributed by atoms with Crippen molar-refractivity contribution in [2.45, 2.75) is 6.92 Å². The fourth-order valence-electron chi connectivity index (χ4n) is 1.72. The van der Waals surface area contributed by atoms with Gasteiger partial charge in [-0.1, -0.05) is 12.1 Å². The van der Waals surface area contributed by atoms with Gasteiger partial charge in [-0.25, -0.2) is 4.79 Å². The summed E-state index contributed by atoms with van der Waals surface area (Å²) in [4.78, 5) is 24.4. The predicted molar refractivity (Wildman–Crippen MR) is 84.5 cm³/mol. The summed E-state index contributed by atoms with van der Waals surface area (Å²) in [6.07, 6.45) is 3.22. The molecule has 4 nitrogen and oxygen atoms in total. The van der Waals surface area contributed by atoms with E-state index < -0.39 is 5.97 Å². The Morgan fingerprint density at radius 1 is 1.29 bits per heavy atom. The normalized spacial score (nSPS) is 10.6. The molecule has 1 heterocycles. The standard InChI is InChI=1S/C16H15NO3S/c1-11-5-6-12(16(19)20-2)10-14(11)17-15(18)8-7-13-4-3-9-21-13/h3-10H,1-2H3,(H,17,18)/b8-7+. The Morgan fingerprint density at radius 3 is 2.76 bits per heavy atom. The minimum atomic E-state index is -0.431. The first kappa shape index (κ1) is 15.0. The molecule has 0 spiro atoms. The van der Waals surface area contributed by atoms with Gasteiger partial charge in [-0.2, -0.15) is 0 Å². The van der Waals surface area contributed by atoms with Gasteiger partial charge in [-0.3, -0.25) is 4.79 Å². The molecule has 1 N–H and O–H groups in total. The molecular weight excluding hydrogens is 286 g/mol. The van der Waals surface area contributed by atoms with E-state index >= 15 is 0 Å². The van der Waals surface area contributed by atoms with E-state index in [9.17, 15) is 9.59 Å². The van der Waals surface area contributed by atoms with E-state index in [4.69, 9.17) is 0 Å². The van der Waals surface area contributed by atoms with Crippen molar-refractivity contribution in [3.63, 3.8) is 0 Å². The number of thiophene rings is 1. The Kier molecular flexibility index (Phi) is 4.90. The number of nitrogens with one attached hydrogen (secondary N) is 1. The smallest absolute Gasteiger partial charge is 0.337 e. The average Bonchev–Trinajstić information content (AvgIpc) is 3.00. The zero-order chi connectivity index (χ0) is 15.2. The van der Waals surface area contributed by atoms with Crippen LogP contribution in [-0.4, -0.2) is 19.0 Å². The molecule has 0 fully saturated rings. The van der Waals surface area contributed by atoms with Crippen LogP contribution < -0.4 is 5.32 Å². The molecule has 108 valence electrons. The monoisotopic (exact) mass is 301 g/mol. The lowest BCUT2D eigenvalue weighted by Crippen LogP contribution is -2.10. The highest BCUT2D eigenvalue weighted by molar-refractivity contribution is 7.10. The number of amides is 1. The van der Waals surface area contributed by atoms with Crippen LogP contribution in [0.1, 0.15) is 20.8 Å². The Bertz CT molecular complexity index is 675. The summed E-state index contributed by atoms with van der Waals surface area (Å²) in [5.41, 5.74) is 1.87. The van der Waals surface area contributed by atoms with E-state index in [1.54, 1.807) is 35.6 Å². The van der Waals surface area contributed by atoms with Crippen LogP contribution in [-0.2, 0) is 9.53 Å². The van der Waals surface area contributed by atoms with Gasteiger partial charge in [0.15, 0.2) is 0 Å². The van der Waals surface area contributed by atoms with Crippen molar-refractivity contribution in [1.82, 2.24) is 0 Å². The number of hydrogen-bond acceptors (Lipinski definition) is 4. The van der Waals surface area contributed by atoms with E-state index in [-0.39, 0.29) is 5.91 Å². The summed E-state index contributed by atoms with van der Waals surface area (Å²) in [5, 5.41) is 4.71. The molecule has 1 aromatic carbocycles. The van der Waals surface area contributed by atoms with Crippen LogP contribution in [0.15, 0.2) is 41.8 Å². The highest BCUT2D eigenvalue weighted by Crippen LogP contribution is 2.18. The minimum absolute atomic E-state index is 0.242. The number of aryl methyl sites for hydroxylation is 1. The zero-order valence-electron chi connectivity index (χ0n) is 11.8. The molecule has 2 rings (SSSR count). The average molecular weight is 301 g/mol. The first-order chi connectivity index (χ1) is 10.1. The largest absolute Gasteiger partial charge is 0.465 e. The number of hydrogen-bond donors (Lipinski definition) is 1. The molecule has 1 aromatic heterocycles. The summed E-state index contributed by atoms with van der Waals surface area (Å²) >= 11 is 1.56. The van der Waals surface area contributed by atoms with Gasteiger partial charge in [0, 0.05) is 16.6 Å². The summed E-state index contributed by atoms with van der Waals surface area (Å²) in [6.45, 7) is 1.86. The fourth-order valence-corrected chi connectivity index (χ4v) is 2.34. The van der Waals surface area contributed by atoms with Gasteiger partial charge in [0.2, 0.25) is 5.91 Å². The van der Waals surface area contributed by atoms with Gasteiger partial charge in [0.05, 0.1) is 12.7 Å². The van der Waals surface area contributed by atoms with E-state index in [0.717, 1.165) is 10.4 Å². The third-order valence-corrected chi connectivity index (χ3v) is 3.70. The van der Waals surface area contributed by atoms with Gasteiger partial charge < -0.3 is 10.1 Å². The number of anilines is 1. The molecule has 21 heavy (non-hydrogen) atoms. The first-order valence-electron chi connectivity index (χ1n) is 6.31. The van der Waals surface area contributed by atoms with Crippen LogP contribution in [0.3, 0.4) is 0 Å². The lowest BCUT2D eigenvalue weighted by Gasteiger charge is -2.08. The van der Waals surface area contributed by atoms with Crippen molar-refractivity contribution in [2.24, 2.45) is 0 Å². The molecule has 0 aliphatic carbocycles. The molecule has 1 amide bonds. The molecule has 0 aliphatic heterocycles. The second kappa shape index (κ2) is 6.85. The molecule has 0 radical (unpaired) electrons. The minimum Gasteiger partial charge on any atom is -0.465 e. The number of esters is 1. The molecule has 5 heteroatoms. The summed E-state index contributed by atoms with van der Waals surface area (Å²) < 4.78 is 4.67. The van der Waals surface area contributed by atoms with E-state index in [1.807, 2.05) is 24.4 Å². The number of rotatable bonds is 4. The second-order valence-corrected chi connectivity index (χ2v) is 5.34. The topological polar surface area (TPSA) is 55.4 Å². The number of methoxy groups -OCH3 is 1. The summed E-state index contributed by atoms with van der Waals surface area (Å²) in [6, 6.07) is 8.89. The maximum absolute atomic E-state index is 11.9. The Hall–Kier alpha value is -2.40. The van der Waals surface area contributed by atoms with Crippen molar-refractivity contribution in [3.05, 3.63) is 57.8 Å². The van der Waals surface area contributed by atoms with Gasteiger partial charge in [-0.05, 0) is 42.1 Å². The van der Waals surface area contributed by atoms with E-state index in [1.165, 1.54) is 13.2 Å². The maximum Gasteiger partial charge on any atom is 0.337 e. The Morgan fingerprint density at radius 2 is 2.10 bits per heavy atom. The SMILES string of the molecule is COC(=O)c1ccc(C)c(NC(=O)/C=C/c2cccs2)c1. The number of carbonyl (C=O) groups is 2. The number of benzene rings is 1. The highest BCUT2D eigenvalue weighted by Gasteiger charge is 2.09. The van der Waals surface area contributed by atoms with Crippen molar-refractivity contribution < 1.29 is 14.3 Å². The molecule has 0 saturated carbocycles. The van der Waals surface area contributed by atoms with Crippen LogP contribution >= 0.6 is 11.3 Å². The molecule has 0 unspecified atom stereocenters. The van der Waals surface area contributed by atoms with Gasteiger partial charge in [0.1, 0.15) is 0 Å². The van der Waals surface area contributed by atoms with Crippen molar-refractivity contribution in [3.8, 4) is 0 Å². The number of ether oxygens (including phenoxy) is 1. The fraction of sp³-hybridized carbons (Fsp3) is 0.125. The summed E-state index contributed by atoms with van der Waals surface area (Å²) in [7, 11) is 1.32. The highest BCUT2D eigenvalue weighted by atomic mass is 32.1. The Balaban J connectivity index is 2.11. The maximum atomic E-state index is 11.9. The lowest BCUT2D eigenvalue weighted by atomic mass is 10.1. The molecular formula is C16H15NO3S. The van der Waals surface area contributed by atoms with E-state index in [2.05, 4.69) is 10.1 Å². The molecule has 2 aromatic rings. The van der Waals surface area contributed by atoms with Gasteiger partial charge in [0.25, 0.3) is 0 Å². The summed E-state index contributed by atoms with van der Waals surface area (Å²) in [5.74, 6) is -0.673. The molecule has 0 atom stereocenters. The predicted octanol–water partition coefficient (Wildman–Crippen LogP) is 3.50. The van der Waals surface area contributed by atoms with E-state index in [0.29, 0.717) is 11.3 Å². The van der Waals surface area contributed by atoms with Crippen molar-refractivity contribution >= 4 is 35.0 Å². The van der Waals surface area contributed by atoms with Gasteiger partial charge >= 0.3 is 5.97 Å². The zero-order valence-corrected chi connectivity index (χ0v) is 12.6. The van der Waals surface area contributed by atoms with Crippen molar-refractivity contribution in [1.29, 1.82) is 0 Å². The van der Waals surface area contributed by atoms with Crippen molar-refractivity contribution in [2.75, 3.05) is 12.4 Å². The van der Waals surface area contributed by atoms with Crippen LogP contribution in [0.5, 0.6) is 0 Å². The number of carbonyl (C=O) groups excluding carboxylic acids is 2. The molecule has 0 aliphatic rings. The van der Waals surface area contributed by atoms with Gasteiger partial charge in [-0.15, -0.1) is 11.3 Å². The Labute approximate surface area is 127 Å². The lowest BCUT2D eigenvalue weighted by molar-refractivity contribution is -0.111. The first-order valence-corrected chi connectivity index (χ1v) is 7.19. The van der Waals surface area contributed by atoms with Crippen LogP contribution in [0.25, 0.3) is 6.08 Å². The van der Waals surface area contributed by atoms with Crippen LogP contribution in [0, 0.1) is 6.92 Å². The van der Waals surface area contributed by atoms with Crippen LogP contribution in [0.2, 0.25) is 0 Å². The molecule has 0 bridgehead atoms. The quantitative estimate of drug-likeness (QED) is 0.694. The van der Waals surface area contributed by atoms with Crippen LogP contribution in [0.4, 0.5) is 5.69 Å². The third-order valence-electron chi connectivity index (χ3n) is 2.86. The second-order valence-electron chi connectivity index (χ2n) is 4.36. The molecule has 0 saturated heterocycles.